The lowest BCUT2D eigenvalue weighted by atomic mass is 10.2. The van der Waals surface area contributed by atoms with Crippen LogP contribution in [0, 0.1) is 5.82 Å². The van der Waals surface area contributed by atoms with Gasteiger partial charge in [-0.1, -0.05) is 12.1 Å². The predicted molar refractivity (Wildman–Crippen MR) is 95.2 cm³/mol. The van der Waals surface area contributed by atoms with Crippen molar-refractivity contribution < 1.29 is 13.9 Å². The van der Waals surface area contributed by atoms with Gasteiger partial charge in [-0.15, -0.1) is 24.0 Å². The summed E-state index contributed by atoms with van der Waals surface area (Å²) in [6.07, 6.45) is 0.0399. The van der Waals surface area contributed by atoms with Gasteiger partial charge >= 0.3 is 0 Å². The highest BCUT2D eigenvalue weighted by atomic mass is 127. The first kappa shape index (κ1) is 19.1. The van der Waals surface area contributed by atoms with Crippen LogP contribution in [-0.4, -0.2) is 57.4 Å². The molecule has 0 amide bonds. The molecule has 1 atom stereocenters. The number of hydrogen-bond acceptors (Lipinski definition) is 3. The molecule has 0 aliphatic carbocycles. The Kier molecular flexibility index (Phi) is 8.66. The predicted octanol–water partition coefficient (Wildman–Crippen LogP) is 1.87. The van der Waals surface area contributed by atoms with Crippen molar-refractivity contribution >= 4 is 29.9 Å². The SMILES string of the molecule is CN=C(NCC1COCCO1)N(C)Cc1cccc(F)c1.I. The molecule has 1 aliphatic rings. The van der Waals surface area contributed by atoms with Gasteiger partial charge in [-0.25, -0.2) is 4.39 Å². The van der Waals surface area contributed by atoms with E-state index in [-0.39, 0.29) is 35.9 Å². The lowest BCUT2D eigenvalue weighted by molar-refractivity contribution is -0.0851. The first-order chi connectivity index (χ1) is 10.2. The number of guanidine groups is 1. The first-order valence-corrected chi connectivity index (χ1v) is 7.04. The van der Waals surface area contributed by atoms with Gasteiger partial charge in [0.25, 0.3) is 0 Å². The van der Waals surface area contributed by atoms with Crippen LogP contribution in [0.15, 0.2) is 29.3 Å². The summed E-state index contributed by atoms with van der Waals surface area (Å²) in [5, 5.41) is 3.25. The van der Waals surface area contributed by atoms with Crippen LogP contribution in [0.3, 0.4) is 0 Å². The zero-order valence-electron chi connectivity index (χ0n) is 12.9. The second kappa shape index (κ2) is 9.96. The summed E-state index contributed by atoms with van der Waals surface area (Å²) in [4.78, 5) is 6.18. The Labute approximate surface area is 147 Å². The molecular weight excluding hydrogens is 400 g/mol. The minimum absolute atomic E-state index is 0. The molecule has 1 saturated heterocycles. The summed E-state index contributed by atoms with van der Waals surface area (Å²) in [5.74, 6) is 0.519. The standard InChI is InChI=1S/C15H22FN3O2.HI/c1-17-15(18-9-14-11-20-6-7-21-14)19(2)10-12-4-3-5-13(16)8-12;/h3-5,8,14H,6-7,9-11H2,1-2H3,(H,17,18);1H. The van der Waals surface area contributed by atoms with Crippen molar-refractivity contribution in [2.24, 2.45) is 4.99 Å². The highest BCUT2D eigenvalue weighted by Gasteiger charge is 2.15. The molecule has 7 heteroatoms. The molecule has 1 unspecified atom stereocenters. The van der Waals surface area contributed by atoms with Gasteiger partial charge in [0.2, 0.25) is 0 Å². The Balaban J connectivity index is 0.00000242. The van der Waals surface area contributed by atoms with Gasteiger partial charge in [0, 0.05) is 27.2 Å². The summed E-state index contributed by atoms with van der Waals surface area (Å²) in [7, 11) is 3.64. The Morgan fingerprint density at radius 1 is 1.45 bits per heavy atom. The van der Waals surface area contributed by atoms with E-state index >= 15 is 0 Å². The molecule has 5 nitrogen and oxygen atoms in total. The average Bonchev–Trinajstić information content (AvgIpc) is 2.49. The second-order valence-corrected chi connectivity index (χ2v) is 4.98. The van der Waals surface area contributed by atoms with Gasteiger partial charge in [-0.2, -0.15) is 0 Å². The molecule has 124 valence electrons. The van der Waals surface area contributed by atoms with E-state index in [2.05, 4.69) is 10.3 Å². The lowest BCUT2D eigenvalue weighted by Crippen LogP contribution is -2.45. The fourth-order valence-electron chi connectivity index (χ4n) is 2.23. The highest BCUT2D eigenvalue weighted by molar-refractivity contribution is 14.0. The minimum Gasteiger partial charge on any atom is -0.376 e. The average molecular weight is 423 g/mol. The molecule has 1 aliphatic heterocycles. The Bertz CT molecular complexity index is 482. The summed E-state index contributed by atoms with van der Waals surface area (Å²) in [6.45, 7) is 3.10. The van der Waals surface area contributed by atoms with Crippen molar-refractivity contribution in [3.63, 3.8) is 0 Å². The smallest absolute Gasteiger partial charge is 0.193 e. The van der Waals surface area contributed by atoms with Crippen LogP contribution < -0.4 is 5.32 Å². The van der Waals surface area contributed by atoms with Gasteiger partial charge in [-0.05, 0) is 17.7 Å². The van der Waals surface area contributed by atoms with Gasteiger partial charge in [0.05, 0.1) is 25.9 Å². The van der Waals surface area contributed by atoms with Crippen LogP contribution in [0.2, 0.25) is 0 Å². The van der Waals surface area contributed by atoms with Crippen molar-refractivity contribution in [2.75, 3.05) is 40.5 Å². The fourth-order valence-corrected chi connectivity index (χ4v) is 2.23. The first-order valence-electron chi connectivity index (χ1n) is 7.04. The van der Waals surface area contributed by atoms with E-state index in [1.165, 1.54) is 12.1 Å². The van der Waals surface area contributed by atoms with E-state index in [9.17, 15) is 4.39 Å². The Morgan fingerprint density at radius 2 is 2.27 bits per heavy atom. The maximum absolute atomic E-state index is 13.2. The van der Waals surface area contributed by atoms with Crippen LogP contribution in [0.5, 0.6) is 0 Å². The maximum atomic E-state index is 13.2. The number of hydrogen-bond donors (Lipinski definition) is 1. The van der Waals surface area contributed by atoms with Gasteiger partial charge < -0.3 is 19.7 Å². The molecule has 1 aromatic rings. The molecule has 1 N–H and O–H groups in total. The summed E-state index contributed by atoms with van der Waals surface area (Å²) >= 11 is 0. The van der Waals surface area contributed by atoms with E-state index in [1.807, 2.05) is 18.0 Å². The Hall–Kier alpha value is -0.930. The highest BCUT2D eigenvalue weighted by Crippen LogP contribution is 2.06. The van der Waals surface area contributed by atoms with Crippen LogP contribution in [0.4, 0.5) is 4.39 Å². The summed E-state index contributed by atoms with van der Waals surface area (Å²) in [5.41, 5.74) is 0.901. The molecule has 2 rings (SSSR count). The van der Waals surface area contributed by atoms with Gasteiger partial charge in [-0.3, -0.25) is 4.99 Å². The second-order valence-electron chi connectivity index (χ2n) is 4.98. The molecule has 0 saturated carbocycles. The number of nitrogens with one attached hydrogen (secondary N) is 1. The third kappa shape index (κ3) is 6.05. The van der Waals surface area contributed by atoms with E-state index in [4.69, 9.17) is 9.47 Å². The number of nitrogens with zero attached hydrogens (tertiary/aromatic N) is 2. The number of rotatable bonds is 4. The number of benzene rings is 1. The summed E-state index contributed by atoms with van der Waals surface area (Å²) < 4.78 is 24.1. The number of aliphatic imine (C=N–C) groups is 1. The lowest BCUT2D eigenvalue weighted by Gasteiger charge is -2.27. The molecule has 1 aromatic carbocycles. The van der Waals surface area contributed by atoms with Crippen LogP contribution in [0.25, 0.3) is 0 Å². The molecular formula is C15H23FIN3O2. The van der Waals surface area contributed by atoms with E-state index in [1.54, 1.807) is 13.1 Å². The molecule has 0 aromatic heterocycles. The van der Waals surface area contributed by atoms with Gasteiger partial charge in [0.1, 0.15) is 5.82 Å². The van der Waals surface area contributed by atoms with Crippen molar-refractivity contribution in [3.8, 4) is 0 Å². The zero-order chi connectivity index (χ0) is 15.1. The number of ether oxygens (including phenoxy) is 2. The third-order valence-electron chi connectivity index (χ3n) is 3.25. The topological polar surface area (TPSA) is 46.1 Å². The quantitative estimate of drug-likeness (QED) is 0.457. The van der Waals surface area contributed by atoms with E-state index < -0.39 is 0 Å². The zero-order valence-corrected chi connectivity index (χ0v) is 15.2. The van der Waals surface area contributed by atoms with E-state index in [0.29, 0.717) is 32.9 Å². The fraction of sp³-hybridized carbons (Fsp3) is 0.533. The minimum atomic E-state index is -0.225. The molecule has 0 bridgehead atoms. The monoisotopic (exact) mass is 423 g/mol. The maximum Gasteiger partial charge on any atom is 0.193 e. The van der Waals surface area contributed by atoms with Crippen molar-refractivity contribution in [3.05, 3.63) is 35.6 Å². The third-order valence-corrected chi connectivity index (χ3v) is 3.25. The molecule has 1 fully saturated rings. The molecule has 1 heterocycles. The normalized spacial score (nSPS) is 18.5. The number of halogens is 2. The van der Waals surface area contributed by atoms with Crippen LogP contribution >= 0.6 is 24.0 Å². The van der Waals surface area contributed by atoms with Crippen molar-refractivity contribution in [1.29, 1.82) is 0 Å². The molecule has 0 radical (unpaired) electrons. The van der Waals surface area contributed by atoms with Crippen molar-refractivity contribution in [1.82, 2.24) is 10.2 Å². The Morgan fingerprint density at radius 3 is 2.91 bits per heavy atom. The van der Waals surface area contributed by atoms with Crippen LogP contribution in [-0.2, 0) is 16.0 Å². The van der Waals surface area contributed by atoms with Crippen molar-refractivity contribution in [2.45, 2.75) is 12.6 Å². The van der Waals surface area contributed by atoms with E-state index in [0.717, 1.165) is 11.5 Å². The summed E-state index contributed by atoms with van der Waals surface area (Å²) in [6, 6.07) is 6.58. The molecule has 0 spiro atoms. The van der Waals surface area contributed by atoms with Gasteiger partial charge in [0.15, 0.2) is 5.96 Å². The largest absolute Gasteiger partial charge is 0.376 e. The molecule has 22 heavy (non-hydrogen) atoms. The van der Waals surface area contributed by atoms with Crippen LogP contribution in [0.1, 0.15) is 5.56 Å².